The summed E-state index contributed by atoms with van der Waals surface area (Å²) < 4.78 is 40.9. The van der Waals surface area contributed by atoms with E-state index in [4.69, 9.17) is 5.73 Å². The van der Waals surface area contributed by atoms with E-state index in [0.717, 1.165) is 6.07 Å². The highest BCUT2D eigenvalue weighted by Crippen LogP contribution is 2.33. The van der Waals surface area contributed by atoms with Gasteiger partial charge in [-0.1, -0.05) is 42.5 Å². The average molecular weight is 281 g/mol. The first-order valence-electron chi connectivity index (χ1n) is 5.62. The number of benzene rings is 2. The largest absolute Gasteiger partial charge is 0.573 e. The Morgan fingerprint density at radius 2 is 1.65 bits per heavy atom. The van der Waals surface area contributed by atoms with Crippen LogP contribution in [0.1, 0.15) is 10.4 Å². The molecule has 0 aliphatic carbocycles. The van der Waals surface area contributed by atoms with E-state index in [1.54, 1.807) is 30.3 Å². The number of halogens is 3. The minimum Gasteiger partial charge on any atom is -0.405 e. The summed E-state index contributed by atoms with van der Waals surface area (Å²) in [5.74, 6) is -1.59. The number of alkyl halides is 3. The van der Waals surface area contributed by atoms with Gasteiger partial charge in [-0.2, -0.15) is 0 Å². The fourth-order valence-electron chi connectivity index (χ4n) is 1.85. The minimum absolute atomic E-state index is 0.292. The molecule has 0 saturated heterocycles. The van der Waals surface area contributed by atoms with Gasteiger partial charge in [0.25, 0.3) is 5.91 Å². The second-order valence-corrected chi connectivity index (χ2v) is 3.96. The number of nitrogens with two attached hydrogens (primary N) is 1. The van der Waals surface area contributed by atoms with Crippen LogP contribution in [0.5, 0.6) is 5.75 Å². The molecule has 6 heteroatoms. The summed E-state index contributed by atoms with van der Waals surface area (Å²) in [5.41, 5.74) is 5.76. The number of carbonyl (C=O) groups excluding carboxylic acids is 1. The number of carbonyl (C=O) groups is 1. The lowest BCUT2D eigenvalue weighted by atomic mass is 9.98. The quantitative estimate of drug-likeness (QED) is 0.938. The Hall–Kier alpha value is -2.50. The molecule has 1 amide bonds. The first-order valence-corrected chi connectivity index (χ1v) is 5.62. The number of primary amides is 1. The third kappa shape index (κ3) is 3.09. The van der Waals surface area contributed by atoms with Crippen LogP contribution in [-0.4, -0.2) is 12.3 Å². The molecule has 2 N–H and O–H groups in total. The molecule has 3 nitrogen and oxygen atoms in total. The molecule has 2 aromatic carbocycles. The molecular formula is C14H10F3NO2. The Kier molecular flexibility index (Phi) is 3.65. The third-order valence-corrected chi connectivity index (χ3v) is 2.58. The van der Waals surface area contributed by atoms with Crippen LogP contribution >= 0.6 is 0 Å². The lowest BCUT2D eigenvalue weighted by Crippen LogP contribution is -2.21. The Morgan fingerprint density at radius 1 is 1.00 bits per heavy atom. The van der Waals surface area contributed by atoms with E-state index in [9.17, 15) is 18.0 Å². The summed E-state index contributed by atoms with van der Waals surface area (Å²) >= 11 is 0. The van der Waals surface area contributed by atoms with Crippen LogP contribution in [0.15, 0.2) is 48.5 Å². The summed E-state index contributed by atoms with van der Waals surface area (Å²) in [6.45, 7) is 0. The average Bonchev–Trinajstić information content (AvgIpc) is 2.37. The second kappa shape index (κ2) is 5.24. The highest BCUT2D eigenvalue weighted by atomic mass is 19.4. The number of hydrogen-bond acceptors (Lipinski definition) is 2. The molecule has 0 fully saturated rings. The van der Waals surface area contributed by atoms with Gasteiger partial charge in [0.1, 0.15) is 5.75 Å². The molecule has 0 aromatic heterocycles. The lowest BCUT2D eigenvalue weighted by Gasteiger charge is -2.14. The van der Waals surface area contributed by atoms with Crippen molar-refractivity contribution in [3.8, 4) is 16.9 Å². The summed E-state index contributed by atoms with van der Waals surface area (Å²) in [4.78, 5) is 11.5. The molecule has 0 spiro atoms. The van der Waals surface area contributed by atoms with Gasteiger partial charge >= 0.3 is 6.36 Å². The molecule has 0 aliphatic rings. The fraction of sp³-hybridized carbons (Fsp3) is 0.0714. The van der Waals surface area contributed by atoms with E-state index in [-0.39, 0.29) is 5.56 Å². The maximum Gasteiger partial charge on any atom is 0.573 e. The van der Waals surface area contributed by atoms with Crippen molar-refractivity contribution in [3.63, 3.8) is 0 Å². The van der Waals surface area contributed by atoms with Crippen LogP contribution in [0, 0.1) is 0 Å². The van der Waals surface area contributed by atoms with Gasteiger partial charge in [-0.05, 0) is 17.2 Å². The van der Waals surface area contributed by atoms with Gasteiger partial charge < -0.3 is 10.5 Å². The predicted molar refractivity (Wildman–Crippen MR) is 67.1 cm³/mol. The molecule has 0 radical (unpaired) electrons. The zero-order chi connectivity index (χ0) is 14.8. The van der Waals surface area contributed by atoms with E-state index in [1.807, 2.05) is 0 Å². The maximum atomic E-state index is 12.3. The summed E-state index contributed by atoms with van der Waals surface area (Å²) in [5, 5.41) is 0. The number of rotatable bonds is 3. The van der Waals surface area contributed by atoms with Crippen molar-refractivity contribution >= 4 is 5.91 Å². The molecular weight excluding hydrogens is 271 g/mol. The molecule has 0 unspecified atom stereocenters. The summed E-state index contributed by atoms with van der Waals surface area (Å²) in [6.07, 6.45) is -4.89. The van der Waals surface area contributed by atoms with Gasteiger partial charge in [-0.3, -0.25) is 4.79 Å². The third-order valence-electron chi connectivity index (χ3n) is 2.58. The summed E-state index contributed by atoms with van der Waals surface area (Å²) in [7, 11) is 0. The van der Waals surface area contributed by atoms with Crippen molar-refractivity contribution in [2.45, 2.75) is 6.36 Å². The molecule has 0 saturated carbocycles. The molecule has 2 rings (SSSR count). The van der Waals surface area contributed by atoms with Crippen LogP contribution in [-0.2, 0) is 0 Å². The molecule has 2 aromatic rings. The smallest absolute Gasteiger partial charge is 0.405 e. The Morgan fingerprint density at radius 3 is 2.20 bits per heavy atom. The molecule has 0 aliphatic heterocycles. The first kappa shape index (κ1) is 13.9. The van der Waals surface area contributed by atoms with Crippen LogP contribution in [0.25, 0.3) is 11.1 Å². The Bertz CT molecular complexity index is 624. The van der Waals surface area contributed by atoms with Crippen molar-refractivity contribution < 1.29 is 22.7 Å². The van der Waals surface area contributed by atoms with Gasteiger partial charge in [0.05, 0.1) is 5.56 Å². The van der Waals surface area contributed by atoms with E-state index in [1.165, 1.54) is 12.1 Å². The minimum atomic E-state index is -4.89. The molecule has 0 bridgehead atoms. The van der Waals surface area contributed by atoms with Gasteiger partial charge in [0, 0.05) is 0 Å². The molecule has 0 heterocycles. The predicted octanol–water partition coefficient (Wildman–Crippen LogP) is 3.35. The van der Waals surface area contributed by atoms with Gasteiger partial charge in [0.2, 0.25) is 0 Å². The molecule has 20 heavy (non-hydrogen) atoms. The van der Waals surface area contributed by atoms with Crippen molar-refractivity contribution in [3.05, 3.63) is 54.1 Å². The van der Waals surface area contributed by atoms with Gasteiger partial charge in [-0.25, -0.2) is 0 Å². The number of amides is 1. The zero-order valence-electron chi connectivity index (χ0n) is 10.1. The van der Waals surface area contributed by atoms with E-state index in [2.05, 4.69) is 4.74 Å². The Labute approximate surface area is 112 Å². The summed E-state index contributed by atoms with van der Waals surface area (Å²) in [6, 6.07) is 12.4. The van der Waals surface area contributed by atoms with Gasteiger partial charge in [-0.15, -0.1) is 13.2 Å². The van der Waals surface area contributed by atoms with Crippen LogP contribution in [0.2, 0.25) is 0 Å². The monoisotopic (exact) mass is 281 g/mol. The Balaban J connectivity index is 2.59. The van der Waals surface area contributed by atoms with Crippen LogP contribution < -0.4 is 10.5 Å². The van der Waals surface area contributed by atoms with Crippen LogP contribution in [0.3, 0.4) is 0 Å². The highest BCUT2D eigenvalue weighted by molar-refractivity contribution is 6.02. The topological polar surface area (TPSA) is 52.3 Å². The maximum absolute atomic E-state index is 12.3. The standard InChI is InChI=1S/C14H10F3NO2/c15-14(16,17)20-11-8-4-7-10(12(11)13(18)19)9-5-2-1-3-6-9/h1-8H,(H2,18,19). The van der Waals surface area contributed by atoms with E-state index in [0.29, 0.717) is 11.1 Å². The van der Waals surface area contributed by atoms with E-state index >= 15 is 0 Å². The normalized spacial score (nSPS) is 11.2. The lowest BCUT2D eigenvalue weighted by molar-refractivity contribution is -0.274. The van der Waals surface area contributed by atoms with Crippen molar-refractivity contribution in [2.24, 2.45) is 5.73 Å². The number of ether oxygens (including phenoxy) is 1. The van der Waals surface area contributed by atoms with Crippen molar-refractivity contribution in [2.75, 3.05) is 0 Å². The van der Waals surface area contributed by atoms with Gasteiger partial charge in [0.15, 0.2) is 0 Å². The second-order valence-electron chi connectivity index (χ2n) is 3.96. The number of hydrogen-bond donors (Lipinski definition) is 1. The van der Waals surface area contributed by atoms with Crippen molar-refractivity contribution in [1.29, 1.82) is 0 Å². The highest BCUT2D eigenvalue weighted by Gasteiger charge is 2.33. The SMILES string of the molecule is NC(=O)c1c(OC(F)(F)F)cccc1-c1ccccc1. The molecule has 0 atom stereocenters. The first-order chi connectivity index (χ1) is 9.38. The van der Waals surface area contributed by atoms with Crippen LogP contribution in [0.4, 0.5) is 13.2 Å². The van der Waals surface area contributed by atoms with Crippen molar-refractivity contribution in [1.82, 2.24) is 0 Å². The fourth-order valence-corrected chi connectivity index (χ4v) is 1.85. The zero-order valence-corrected chi connectivity index (χ0v) is 10.1. The molecule has 104 valence electrons. The van der Waals surface area contributed by atoms with E-state index < -0.39 is 18.0 Å².